The zero-order valence-corrected chi connectivity index (χ0v) is 15.8. The molecule has 1 aliphatic heterocycles. The topological polar surface area (TPSA) is 75.5 Å². The number of nitrogens with one attached hydrogen (secondary N) is 1. The highest BCUT2D eigenvalue weighted by Gasteiger charge is 2.27. The second kappa shape index (κ2) is 6.93. The summed E-state index contributed by atoms with van der Waals surface area (Å²) >= 11 is 6.28. The van der Waals surface area contributed by atoms with Crippen LogP contribution in [-0.4, -0.2) is 51.0 Å². The normalized spacial score (nSPS) is 21.4. The number of quaternary nitrogens is 1. The largest absolute Gasteiger partial charge is 0.365 e. The number of aromatic nitrogens is 4. The third-order valence-corrected chi connectivity index (χ3v) is 5.00. The lowest BCUT2D eigenvalue weighted by Gasteiger charge is -2.31. The van der Waals surface area contributed by atoms with Gasteiger partial charge in [0, 0.05) is 20.0 Å². The van der Waals surface area contributed by atoms with Crippen molar-refractivity contribution in [1.82, 2.24) is 18.7 Å². The van der Waals surface area contributed by atoms with E-state index >= 15 is 0 Å². The van der Waals surface area contributed by atoms with Crippen molar-refractivity contribution < 1.29 is 9.64 Å². The van der Waals surface area contributed by atoms with Crippen LogP contribution in [0.25, 0.3) is 11.2 Å². The van der Waals surface area contributed by atoms with E-state index in [1.54, 1.807) is 11.6 Å². The van der Waals surface area contributed by atoms with Gasteiger partial charge < -0.3 is 14.2 Å². The molecule has 0 aliphatic carbocycles. The number of rotatable bonds is 4. The van der Waals surface area contributed by atoms with Crippen molar-refractivity contribution in [2.45, 2.75) is 26.5 Å². The van der Waals surface area contributed by atoms with Crippen LogP contribution in [0.1, 0.15) is 13.8 Å². The Balaban J connectivity index is 1.96. The predicted molar refractivity (Wildman–Crippen MR) is 95.4 cm³/mol. The van der Waals surface area contributed by atoms with E-state index < -0.39 is 5.69 Å². The van der Waals surface area contributed by atoms with Gasteiger partial charge in [-0.25, -0.2) is 4.79 Å². The van der Waals surface area contributed by atoms with E-state index in [1.165, 1.54) is 16.5 Å². The third kappa shape index (κ3) is 3.38. The molecule has 25 heavy (non-hydrogen) atoms. The van der Waals surface area contributed by atoms with Crippen LogP contribution in [0.4, 0.5) is 0 Å². The second-order valence-electron chi connectivity index (χ2n) is 7.16. The Morgan fingerprint density at radius 1 is 1.32 bits per heavy atom. The zero-order chi connectivity index (χ0) is 18.3. The molecule has 2 aromatic heterocycles. The number of halogens is 1. The van der Waals surface area contributed by atoms with Gasteiger partial charge in [0.2, 0.25) is 5.28 Å². The average molecular weight is 371 g/mol. The number of imidazole rings is 1. The quantitative estimate of drug-likeness (QED) is 0.702. The molecule has 1 unspecified atom stereocenters. The Morgan fingerprint density at radius 2 is 2.04 bits per heavy atom. The summed E-state index contributed by atoms with van der Waals surface area (Å²) in [5.41, 5.74) is -0.158. The van der Waals surface area contributed by atoms with Crippen molar-refractivity contribution >= 4 is 22.8 Å². The molecule has 3 rings (SSSR count). The van der Waals surface area contributed by atoms with E-state index in [1.807, 2.05) is 0 Å². The number of nitrogens with zero attached hydrogens (tertiary/aromatic N) is 4. The minimum atomic E-state index is -0.416. The molecule has 1 aliphatic rings. The zero-order valence-electron chi connectivity index (χ0n) is 15.1. The highest BCUT2D eigenvalue weighted by Crippen LogP contribution is 2.16. The second-order valence-corrected chi connectivity index (χ2v) is 7.50. The molecule has 138 valence electrons. The van der Waals surface area contributed by atoms with Crippen LogP contribution in [0.2, 0.25) is 5.28 Å². The molecule has 0 radical (unpaired) electrons. The summed E-state index contributed by atoms with van der Waals surface area (Å²) in [5, 5.41) is 0.202. The minimum Gasteiger partial charge on any atom is -0.365 e. The maximum absolute atomic E-state index is 12.6. The number of morpholine rings is 1. The molecule has 1 N–H and O–H groups in total. The Bertz CT molecular complexity index is 898. The van der Waals surface area contributed by atoms with Gasteiger partial charge in [0.15, 0.2) is 11.2 Å². The first-order valence-electron chi connectivity index (χ1n) is 8.56. The van der Waals surface area contributed by atoms with Crippen molar-refractivity contribution in [2.75, 3.05) is 26.2 Å². The van der Waals surface area contributed by atoms with Crippen LogP contribution in [0.5, 0.6) is 0 Å². The van der Waals surface area contributed by atoms with Gasteiger partial charge in [-0.15, -0.1) is 0 Å². The maximum atomic E-state index is 12.6. The van der Waals surface area contributed by atoms with Crippen LogP contribution in [0.15, 0.2) is 9.59 Å². The molecule has 3 heterocycles. The lowest BCUT2D eigenvalue weighted by Crippen LogP contribution is -3.15. The molecular formula is C16H25ClN5O3+. The summed E-state index contributed by atoms with van der Waals surface area (Å²) in [6.45, 7) is 8.50. The minimum absolute atomic E-state index is 0.0423. The van der Waals surface area contributed by atoms with Gasteiger partial charge >= 0.3 is 5.69 Å². The van der Waals surface area contributed by atoms with Gasteiger partial charge in [-0.2, -0.15) is 4.98 Å². The summed E-state index contributed by atoms with van der Waals surface area (Å²) in [7, 11) is 3.05. The van der Waals surface area contributed by atoms with Crippen molar-refractivity contribution in [3.63, 3.8) is 0 Å². The molecule has 1 saturated heterocycles. The standard InChI is InChI=1S/C16H24ClN5O3/c1-10(2)7-21-5-6-25-11(8-21)9-22-12-13(18-15(22)17)19(3)16(24)20(4)14(12)23/h10-11H,5-9H2,1-4H3/p+1/t11-/m0/s1. The lowest BCUT2D eigenvalue weighted by molar-refractivity contribution is -0.914. The summed E-state index contributed by atoms with van der Waals surface area (Å²) in [4.78, 5) is 30.4. The van der Waals surface area contributed by atoms with Gasteiger partial charge in [0.05, 0.1) is 19.7 Å². The molecule has 2 atom stereocenters. The molecule has 0 aromatic carbocycles. The molecule has 0 saturated carbocycles. The third-order valence-electron chi connectivity index (χ3n) is 4.71. The van der Waals surface area contributed by atoms with Crippen molar-refractivity contribution in [2.24, 2.45) is 20.0 Å². The molecular weight excluding hydrogens is 346 g/mol. The molecule has 0 spiro atoms. The van der Waals surface area contributed by atoms with Crippen LogP contribution >= 0.6 is 11.6 Å². The van der Waals surface area contributed by atoms with Crippen molar-refractivity contribution in [3.8, 4) is 0 Å². The van der Waals surface area contributed by atoms with Gasteiger partial charge in [-0.3, -0.25) is 13.9 Å². The Morgan fingerprint density at radius 3 is 2.72 bits per heavy atom. The fourth-order valence-corrected chi connectivity index (χ4v) is 3.76. The van der Waals surface area contributed by atoms with Gasteiger partial charge in [0.1, 0.15) is 19.2 Å². The number of fused-ring (bicyclic) bond motifs is 1. The molecule has 0 bridgehead atoms. The summed E-state index contributed by atoms with van der Waals surface area (Å²) in [6, 6.07) is 0. The fraction of sp³-hybridized carbons (Fsp3) is 0.688. The number of hydrogen-bond acceptors (Lipinski definition) is 4. The molecule has 9 heteroatoms. The SMILES string of the molecule is CC(C)C[NH+]1CCO[C@H](Cn2c(Cl)nc3c2c(=O)n(C)c(=O)n3C)C1. The summed E-state index contributed by atoms with van der Waals surface area (Å²) in [6.07, 6.45) is -0.0423. The Labute approximate surface area is 150 Å². The molecule has 8 nitrogen and oxygen atoms in total. The first kappa shape index (κ1) is 18.2. The number of aryl methyl sites for hydroxylation is 1. The van der Waals surface area contributed by atoms with E-state index in [9.17, 15) is 9.59 Å². The Kier molecular flexibility index (Phi) is 5.04. The van der Waals surface area contributed by atoms with Crippen molar-refractivity contribution in [3.05, 3.63) is 26.1 Å². The Hall–Kier alpha value is -1.64. The van der Waals surface area contributed by atoms with E-state index in [2.05, 4.69) is 18.8 Å². The highest BCUT2D eigenvalue weighted by molar-refractivity contribution is 6.29. The first-order valence-corrected chi connectivity index (χ1v) is 8.94. The van der Waals surface area contributed by atoms with Crippen molar-refractivity contribution in [1.29, 1.82) is 0 Å². The van der Waals surface area contributed by atoms with E-state index in [-0.39, 0.29) is 16.9 Å². The van der Waals surface area contributed by atoms with E-state index in [4.69, 9.17) is 16.3 Å². The summed E-state index contributed by atoms with van der Waals surface area (Å²) in [5.74, 6) is 0.619. The fourth-order valence-electron chi connectivity index (χ4n) is 3.52. The number of hydrogen-bond donors (Lipinski definition) is 1. The smallest absolute Gasteiger partial charge is 0.332 e. The molecule has 1 fully saturated rings. The van der Waals surface area contributed by atoms with E-state index in [0.29, 0.717) is 30.2 Å². The first-order chi connectivity index (χ1) is 11.8. The monoisotopic (exact) mass is 370 g/mol. The predicted octanol–water partition coefficient (Wildman–Crippen LogP) is -0.973. The average Bonchev–Trinajstić information content (AvgIpc) is 2.87. The highest BCUT2D eigenvalue weighted by atomic mass is 35.5. The van der Waals surface area contributed by atoms with Crippen LogP contribution < -0.4 is 16.1 Å². The van der Waals surface area contributed by atoms with Gasteiger partial charge in [-0.05, 0) is 11.6 Å². The molecule has 0 amide bonds. The van der Waals surface area contributed by atoms with Gasteiger partial charge in [-0.1, -0.05) is 13.8 Å². The summed E-state index contributed by atoms with van der Waals surface area (Å²) < 4.78 is 9.98. The molecule has 2 aromatic rings. The van der Waals surface area contributed by atoms with Crippen LogP contribution in [0.3, 0.4) is 0 Å². The van der Waals surface area contributed by atoms with Crippen LogP contribution in [0, 0.1) is 5.92 Å². The maximum Gasteiger partial charge on any atom is 0.332 e. The van der Waals surface area contributed by atoms with E-state index in [0.717, 1.165) is 24.2 Å². The number of ether oxygens (including phenoxy) is 1. The van der Waals surface area contributed by atoms with Gasteiger partial charge in [0.25, 0.3) is 5.56 Å². The van der Waals surface area contributed by atoms with Crippen LogP contribution in [-0.2, 0) is 25.4 Å². The lowest BCUT2D eigenvalue weighted by atomic mass is 10.2.